The zero-order valence-electron chi connectivity index (χ0n) is 9.54. The molecule has 1 aliphatic carbocycles. The Morgan fingerprint density at radius 2 is 2.28 bits per heavy atom. The van der Waals surface area contributed by atoms with Gasteiger partial charge in [0.2, 0.25) is 5.95 Å². The summed E-state index contributed by atoms with van der Waals surface area (Å²) in [4.78, 5) is 12.0. The second-order valence-corrected chi connectivity index (χ2v) is 4.60. The number of halogens is 1. The Balaban J connectivity index is 2.12. The number of allylic oxidation sites excluding steroid dienone is 1. The molecule has 0 saturated carbocycles. The molecule has 94 valence electrons. The van der Waals surface area contributed by atoms with Gasteiger partial charge in [-0.05, 0) is 24.8 Å². The van der Waals surface area contributed by atoms with Gasteiger partial charge in [0, 0.05) is 0 Å². The number of hydrogen-bond acceptors (Lipinski definition) is 5. The van der Waals surface area contributed by atoms with Gasteiger partial charge in [0.15, 0.2) is 17.0 Å². The lowest BCUT2D eigenvalue weighted by Gasteiger charge is -2.13. The molecule has 1 unspecified atom stereocenters. The maximum atomic E-state index is 10.3. The van der Waals surface area contributed by atoms with E-state index in [1.807, 2.05) is 6.08 Å². The maximum Gasteiger partial charge on any atom is 0.223 e. The van der Waals surface area contributed by atoms with Gasteiger partial charge in [0.1, 0.15) is 5.52 Å². The Morgan fingerprint density at radius 3 is 3.00 bits per heavy atom. The maximum absolute atomic E-state index is 10.3. The molecule has 3 N–H and O–H groups in total. The average Bonchev–Trinajstić information content (AvgIpc) is 2.96. The Kier molecular flexibility index (Phi) is 2.68. The van der Waals surface area contributed by atoms with Gasteiger partial charge < -0.3 is 10.8 Å². The quantitative estimate of drug-likeness (QED) is 0.637. The summed E-state index contributed by atoms with van der Waals surface area (Å²) in [6, 6.07) is 0. The molecule has 18 heavy (non-hydrogen) atoms. The van der Waals surface area contributed by atoms with Crippen LogP contribution in [0.4, 0.5) is 5.95 Å². The summed E-state index contributed by atoms with van der Waals surface area (Å²) < 4.78 is 1.57. The summed E-state index contributed by atoms with van der Waals surface area (Å²) in [7, 11) is 0. The first kappa shape index (κ1) is 11.4. The second kappa shape index (κ2) is 4.22. The summed E-state index contributed by atoms with van der Waals surface area (Å²) in [5, 5.41) is 10.5. The van der Waals surface area contributed by atoms with E-state index in [-0.39, 0.29) is 11.1 Å². The fourth-order valence-corrected chi connectivity index (χ4v) is 2.41. The van der Waals surface area contributed by atoms with Crippen molar-refractivity contribution in [3.05, 3.63) is 23.1 Å². The molecule has 0 aromatic carbocycles. The van der Waals surface area contributed by atoms with Crippen LogP contribution in [-0.4, -0.2) is 24.6 Å². The fraction of sp³-hybridized carbons (Fsp3) is 0.364. The standard InChI is InChI=1S/C11H12ClN5O/c12-8-7-9(16-11(13)15-8)17(5-14-7)10(18)6-3-1-2-4-6/h3,5,10,18H,1-2,4H2,(H2,13,15,16). The lowest BCUT2D eigenvalue weighted by molar-refractivity contribution is 0.143. The third-order valence-corrected chi connectivity index (χ3v) is 3.33. The molecule has 0 fully saturated rings. The van der Waals surface area contributed by atoms with E-state index in [2.05, 4.69) is 15.0 Å². The molecule has 2 aromatic heterocycles. The van der Waals surface area contributed by atoms with Crippen LogP contribution in [0.3, 0.4) is 0 Å². The predicted molar refractivity (Wildman–Crippen MR) is 67.9 cm³/mol. The number of imidazole rings is 1. The first-order valence-electron chi connectivity index (χ1n) is 5.69. The Hall–Kier alpha value is -1.66. The minimum atomic E-state index is -0.761. The van der Waals surface area contributed by atoms with E-state index in [9.17, 15) is 5.11 Å². The van der Waals surface area contributed by atoms with Crippen molar-refractivity contribution in [1.82, 2.24) is 19.5 Å². The van der Waals surface area contributed by atoms with Crippen LogP contribution in [0.15, 0.2) is 18.0 Å². The first-order chi connectivity index (χ1) is 8.66. The number of nitrogens with two attached hydrogens (primary N) is 1. The molecule has 0 bridgehead atoms. The van der Waals surface area contributed by atoms with Gasteiger partial charge in [0.05, 0.1) is 6.33 Å². The number of aliphatic hydroxyl groups excluding tert-OH is 1. The minimum Gasteiger partial charge on any atom is -0.369 e. The van der Waals surface area contributed by atoms with Crippen LogP contribution in [0.5, 0.6) is 0 Å². The fourth-order valence-electron chi connectivity index (χ4n) is 2.19. The summed E-state index contributed by atoms with van der Waals surface area (Å²) in [6.45, 7) is 0. The smallest absolute Gasteiger partial charge is 0.223 e. The molecule has 6 nitrogen and oxygen atoms in total. The van der Waals surface area contributed by atoms with E-state index in [4.69, 9.17) is 17.3 Å². The molecular weight excluding hydrogens is 254 g/mol. The van der Waals surface area contributed by atoms with Crippen LogP contribution >= 0.6 is 11.6 Å². The molecule has 0 amide bonds. The van der Waals surface area contributed by atoms with Gasteiger partial charge in [-0.1, -0.05) is 17.7 Å². The third kappa shape index (κ3) is 1.74. The van der Waals surface area contributed by atoms with Gasteiger partial charge in [0.25, 0.3) is 0 Å². The third-order valence-electron chi connectivity index (χ3n) is 3.07. The van der Waals surface area contributed by atoms with E-state index >= 15 is 0 Å². The normalized spacial score (nSPS) is 17.1. The largest absolute Gasteiger partial charge is 0.369 e. The number of hydrogen-bond donors (Lipinski definition) is 2. The van der Waals surface area contributed by atoms with E-state index in [0.717, 1.165) is 24.8 Å². The number of anilines is 1. The van der Waals surface area contributed by atoms with Crippen LogP contribution in [0.1, 0.15) is 25.5 Å². The van der Waals surface area contributed by atoms with Crippen LogP contribution in [0.25, 0.3) is 11.2 Å². The van der Waals surface area contributed by atoms with Crippen molar-refractivity contribution in [2.45, 2.75) is 25.5 Å². The zero-order chi connectivity index (χ0) is 12.7. The molecule has 0 radical (unpaired) electrons. The number of aliphatic hydroxyl groups is 1. The Bertz CT molecular complexity index is 636. The SMILES string of the molecule is Nc1nc(Cl)c2ncn(C(O)C3=CCCC3)c2n1. The Labute approximate surface area is 108 Å². The van der Waals surface area contributed by atoms with Crippen LogP contribution < -0.4 is 5.73 Å². The molecule has 2 heterocycles. The molecule has 1 aliphatic rings. The predicted octanol–water partition coefficient (Wildman–Crippen LogP) is 1.66. The van der Waals surface area contributed by atoms with Gasteiger partial charge in [-0.3, -0.25) is 4.57 Å². The van der Waals surface area contributed by atoms with Crippen molar-refractivity contribution in [2.24, 2.45) is 0 Å². The summed E-state index contributed by atoms with van der Waals surface area (Å²) in [5.74, 6) is 0.0712. The van der Waals surface area contributed by atoms with Gasteiger partial charge in [-0.15, -0.1) is 0 Å². The number of nitrogens with zero attached hydrogens (tertiary/aromatic N) is 4. The highest BCUT2D eigenvalue weighted by Crippen LogP contribution is 2.29. The van der Waals surface area contributed by atoms with Crippen molar-refractivity contribution in [2.75, 3.05) is 5.73 Å². The molecule has 0 spiro atoms. The molecule has 0 aliphatic heterocycles. The van der Waals surface area contributed by atoms with Crippen molar-refractivity contribution >= 4 is 28.7 Å². The summed E-state index contributed by atoms with van der Waals surface area (Å²) in [6.07, 6.45) is 5.74. The number of aromatic nitrogens is 4. The van der Waals surface area contributed by atoms with Crippen molar-refractivity contribution < 1.29 is 5.11 Å². The molecule has 7 heteroatoms. The van der Waals surface area contributed by atoms with Crippen molar-refractivity contribution in [3.63, 3.8) is 0 Å². The van der Waals surface area contributed by atoms with E-state index in [0.29, 0.717) is 11.2 Å². The molecule has 0 saturated heterocycles. The van der Waals surface area contributed by atoms with Gasteiger partial charge >= 0.3 is 0 Å². The van der Waals surface area contributed by atoms with Gasteiger partial charge in [-0.25, -0.2) is 4.98 Å². The minimum absolute atomic E-state index is 0.0712. The van der Waals surface area contributed by atoms with E-state index in [1.165, 1.54) is 6.33 Å². The zero-order valence-corrected chi connectivity index (χ0v) is 10.3. The average molecular weight is 266 g/mol. The van der Waals surface area contributed by atoms with Crippen LogP contribution in [-0.2, 0) is 0 Å². The lowest BCUT2D eigenvalue weighted by atomic mass is 10.2. The number of rotatable bonds is 2. The van der Waals surface area contributed by atoms with E-state index < -0.39 is 6.23 Å². The van der Waals surface area contributed by atoms with Gasteiger partial charge in [-0.2, -0.15) is 9.97 Å². The summed E-state index contributed by atoms with van der Waals surface area (Å²) >= 11 is 5.94. The van der Waals surface area contributed by atoms with Crippen LogP contribution in [0.2, 0.25) is 5.15 Å². The number of fused-ring (bicyclic) bond motifs is 1. The number of nitrogen functional groups attached to an aromatic ring is 1. The Morgan fingerprint density at radius 1 is 1.44 bits per heavy atom. The van der Waals surface area contributed by atoms with Crippen molar-refractivity contribution in [1.29, 1.82) is 0 Å². The molecule has 1 atom stereocenters. The molecule has 3 rings (SSSR count). The lowest BCUT2D eigenvalue weighted by Crippen LogP contribution is -2.10. The van der Waals surface area contributed by atoms with Crippen LogP contribution in [0, 0.1) is 0 Å². The van der Waals surface area contributed by atoms with E-state index in [1.54, 1.807) is 4.57 Å². The second-order valence-electron chi connectivity index (χ2n) is 4.24. The monoisotopic (exact) mass is 265 g/mol. The highest BCUT2D eigenvalue weighted by molar-refractivity contribution is 6.33. The highest BCUT2D eigenvalue weighted by Gasteiger charge is 2.20. The van der Waals surface area contributed by atoms with Crippen molar-refractivity contribution in [3.8, 4) is 0 Å². The topological polar surface area (TPSA) is 89.8 Å². The first-order valence-corrected chi connectivity index (χ1v) is 6.07. The summed E-state index contributed by atoms with van der Waals surface area (Å²) in [5.41, 5.74) is 7.44. The molecule has 2 aromatic rings. The molecular formula is C11H12ClN5O. The highest BCUT2D eigenvalue weighted by atomic mass is 35.5.